The van der Waals surface area contributed by atoms with Crippen molar-refractivity contribution < 1.29 is 18.8 Å². The Morgan fingerprint density at radius 1 is 1.00 bits per heavy atom. The predicted octanol–water partition coefficient (Wildman–Crippen LogP) is 6.98. The normalized spacial score (nSPS) is 14.2. The number of imide groups is 1. The zero-order chi connectivity index (χ0) is 29.8. The molecule has 2 heterocycles. The van der Waals surface area contributed by atoms with Crippen molar-refractivity contribution in [3.05, 3.63) is 98.1 Å². The average molecular weight is 663 g/mol. The SMILES string of the molecule is O=C(CSc1nnc(-c2ccc(Cl)cc2Cl)n1-c1ccc(F)c(Cl)c1)NCCN1C(=O)S/C(=C\c2ccccc2)C1=O. The summed E-state index contributed by atoms with van der Waals surface area (Å²) < 4.78 is 15.5. The Balaban J connectivity index is 1.25. The standard InChI is InChI=1S/C28H19Cl3FN5O3S2/c29-17-6-8-19(20(30)13-17)25-34-35-27(37(25)18-7-9-22(32)21(31)14-18)41-15-24(38)33-10-11-36-26(39)23(42-28(36)40)12-16-4-2-1-3-5-16/h1-9,12-14H,10-11,15H2,(H,33,38)/b23-12-. The van der Waals surface area contributed by atoms with E-state index in [4.69, 9.17) is 34.8 Å². The van der Waals surface area contributed by atoms with Crippen molar-refractivity contribution in [3.63, 3.8) is 0 Å². The largest absolute Gasteiger partial charge is 0.354 e. The van der Waals surface area contributed by atoms with E-state index in [0.29, 0.717) is 37.2 Å². The third-order valence-electron chi connectivity index (χ3n) is 5.93. The number of halogens is 4. The minimum atomic E-state index is -0.593. The lowest BCUT2D eigenvalue weighted by molar-refractivity contribution is -0.123. The lowest BCUT2D eigenvalue weighted by Crippen LogP contribution is -2.37. The van der Waals surface area contributed by atoms with Crippen molar-refractivity contribution in [2.24, 2.45) is 0 Å². The Hall–Kier alpha value is -3.35. The molecular formula is C28H19Cl3FN5O3S2. The summed E-state index contributed by atoms with van der Waals surface area (Å²) in [6.07, 6.45) is 1.66. The van der Waals surface area contributed by atoms with E-state index in [0.717, 1.165) is 34.0 Å². The Morgan fingerprint density at radius 3 is 2.52 bits per heavy atom. The van der Waals surface area contributed by atoms with E-state index in [-0.39, 0.29) is 29.8 Å². The van der Waals surface area contributed by atoms with E-state index >= 15 is 0 Å². The van der Waals surface area contributed by atoms with Crippen LogP contribution in [-0.2, 0) is 9.59 Å². The highest BCUT2D eigenvalue weighted by molar-refractivity contribution is 8.18. The number of aromatic nitrogens is 3. The first-order valence-electron chi connectivity index (χ1n) is 12.3. The molecule has 1 fully saturated rings. The van der Waals surface area contributed by atoms with E-state index < -0.39 is 17.0 Å². The van der Waals surface area contributed by atoms with Crippen LogP contribution in [0.25, 0.3) is 23.2 Å². The molecule has 1 aliphatic heterocycles. The number of carbonyl (C=O) groups is 3. The summed E-state index contributed by atoms with van der Waals surface area (Å²) in [5, 5.41) is 11.8. The molecule has 3 amide bonds. The molecule has 1 aromatic heterocycles. The van der Waals surface area contributed by atoms with Crippen LogP contribution in [-0.4, -0.2) is 55.6 Å². The van der Waals surface area contributed by atoms with Crippen LogP contribution in [0, 0.1) is 5.82 Å². The van der Waals surface area contributed by atoms with Gasteiger partial charge < -0.3 is 5.32 Å². The lowest BCUT2D eigenvalue weighted by Gasteiger charge is -2.13. The van der Waals surface area contributed by atoms with Gasteiger partial charge in [0.1, 0.15) is 5.82 Å². The summed E-state index contributed by atoms with van der Waals surface area (Å²) in [5.41, 5.74) is 1.78. The predicted molar refractivity (Wildman–Crippen MR) is 165 cm³/mol. The van der Waals surface area contributed by atoms with Crippen molar-refractivity contribution in [3.8, 4) is 17.1 Å². The number of carbonyl (C=O) groups excluding carboxylic acids is 3. The first-order chi connectivity index (χ1) is 20.2. The fraction of sp³-hybridized carbons (Fsp3) is 0.107. The molecule has 0 radical (unpaired) electrons. The molecule has 14 heteroatoms. The van der Waals surface area contributed by atoms with Gasteiger partial charge in [0.2, 0.25) is 5.91 Å². The van der Waals surface area contributed by atoms with Crippen LogP contribution in [0.1, 0.15) is 5.56 Å². The molecule has 0 atom stereocenters. The molecule has 214 valence electrons. The molecule has 0 saturated carbocycles. The number of hydrogen-bond acceptors (Lipinski definition) is 7. The average Bonchev–Trinajstić information content (AvgIpc) is 3.50. The van der Waals surface area contributed by atoms with Crippen LogP contribution in [0.5, 0.6) is 0 Å². The van der Waals surface area contributed by atoms with Crippen LogP contribution in [0.4, 0.5) is 9.18 Å². The minimum Gasteiger partial charge on any atom is -0.354 e. The second-order valence-electron chi connectivity index (χ2n) is 8.75. The maximum atomic E-state index is 13.9. The molecule has 0 aliphatic carbocycles. The van der Waals surface area contributed by atoms with Crippen LogP contribution in [0.15, 0.2) is 76.8 Å². The summed E-state index contributed by atoms with van der Waals surface area (Å²) in [5.74, 6) is -1.08. The smallest absolute Gasteiger partial charge is 0.293 e. The van der Waals surface area contributed by atoms with Gasteiger partial charge in [0.15, 0.2) is 11.0 Å². The number of benzene rings is 3. The van der Waals surface area contributed by atoms with E-state index in [1.165, 1.54) is 18.2 Å². The molecule has 1 N–H and O–H groups in total. The molecule has 0 bridgehead atoms. The summed E-state index contributed by atoms with van der Waals surface area (Å²) >= 11 is 20.5. The van der Waals surface area contributed by atoms with Gasteiger partial charge in [0.25, 0.3) is 11.1 Å². The quantitative estimate of drug-likeness (QED) is 0.153. The van der Waals surface area contributed by atoms with Crippen molar-refractivity contribution in [2.75, 3.05) is 18.8 Å². The number of thioether (sulfide) groups is 2. The fourth-order valence-corrected chi connectivity index (χ4v) is 6.26. The highest BCUT2D eigenvalue weighted by atomic mass is 35.5. The van der Waals surface area contributed by atoms with Gasteiger partial charge in [-0.05, 0) is 59.8 Å². The van der Waals surface area contributed by atoms with Crippen molar-refractivity contribution in [2.45, 2.75) is 5.16 Å². The van der Waals surface area contributed by atoms with Crippen LogP contribution >= 0.6 is 58.3 Å². The van der Waals surface area contributed by atoms with Gasteiger partial charge in [-0.2, -0.15) is 0 Å². The Bertz CT molecular complexity index is 1720. The Morgan fingerprint density at radius 2 is 1.79 bits per heavy atom. The van der Waals surface area contributed by atoms with E-state index in [2.05, 4.69) is 15.5 Å². The van der Waals surface area contributed by atoms with Gasteiger partial charge in [-0.3, -0.25) is 23.9 Å². The van der Waals surface area contributed by atoms with E-state index in [9.17, 15) is 18.8 Å². The molecule has 0 spiro atoms. The molecule has 3 aromatic carbocycles. The van der Waals surface area contributed by atoms with Gasteiger partial charge in [-0.25, -0.2) is 4.39 Å². The van der Waals surface area contributed by atoms with Crippen LogP contribution in [0.3, 0.4) is 0 Å². The maximum Gasteiger partial charge on any atom is 0.293 e. The molecule has 1 aliphatic rings. The molecule has 42 heavy (non-hydrogen) atoms. The first-order valence-corrected chi connectivity index (χ1v) is 15.2. The number of nitrogens with one attached hydrogen (secondary N) is 1. The third kappa shape index (κ3) is 6.82. The second-order valence-corrected chi connectivity index (χ2v) is 11.9. The van der Waals surface area contributed by atoms with Gasteiger partial charge in [0, 0.05) is 23.7 Å². The van der Waals surface area contributed by atoms with Crippen molar-refractivity contribution in [1.29, 1.82) is 0 Å². The van der Waals surface area contributed by atoms with Gasteiger partial charge in [0.05, 0.1) is 26.4 Å². The summed E-state index contributed by atoms with van der Waals surface area (Å²) in [6, 6.07) is 18.2. The van der Waals surface area contributed by atoms with Crippen molar-refractivity contribution in [1.82, 2.24) is 25.0 Å². The molecule has 5 rings (SSSR count). The topological polar surface area (TPSA) is 97.2 Å². The van der Waals surface area contributed by atoms with E-state index in [1.807, 2.05) is 30.3 Å². The molecular weight excluding hydrogens is 644 g/mol. The molecule has 0 unspecified atom stereocenters. The monoisotopic (exact) mass is 661 g/mol. The fourth-order valence-electron chi connectivity index (χ4n) is 3.95. The van der Waals surface area contributed by atoms with Gasteiger partial charge in [-0.1, -0.05) is 76.9 Å². The summed E-state index contributed by atoms with van der Waals surface area (Å²) in [4.78, 5) is 39.2. The lowest BCUT2D eigenvalue weighted by atomic mass is 10.2. The van der Waals surface area contributed by atoms with E-state index in [1.54, 1.807) is 28.8 Å². The van der Waals surface area contributed by atoms with Gasteiger partial charge >= 0.3 is 0 Å². The molecule has 4 aromatic rings. The molecule has 1 saturated heterocycles. The number of nitrogens with zero attached hydrogens (tertiary/aromatic N) is 4. The van der Waals surface area contributed by atoms with Crippen LogP contribution < -0.4 is 5.32 Å². The Labute approximate surface area is 263 Å². The minimum absolute atomic E-state index is 0.0245. The summed E-state index contributed by atoms with van der Waals surface area (Å²) in [6.45, 7) is 0.0959. The third-order valence-corrected chi connectivity index (χ3v) is 8.60. The van der Waals surface area contributed by atoms with Crippen molar-refractivity contribution >= 4 is 81.5 Å². The summed E-state index contributed by atoms with van der Waals surface area (Å²) in [7, 11) is 0. The number of hydrogen-bond donors (Lipinski definition) is 1. The molecule has 8 nitrogen and oxygen atoms in total. The first kappa shape index (κ1) is 30.1. The maximum absolute atomic E-state index is 13.9. The second kappa shape index (κ2) is 13.3. The number of rotatable bonds is 9. The van der Waals surface area contributed by atoms with Crippen LogP contribution in [0.2, 0.25) is 15.1 Å². The number of amides is 3. The highest BCUT2D eigenvalue weighted by Crippen LogP contribution is 2.35. The zero-order valence-electron chi connectivity index (χ0n) is 21.4. The van der Waals surface area contributed by atoms with Gasteiger partial charge in [-0.15, -0.1) is 10.2 Å². The zero-order valence-corrected chi connectivity index (χ0v) is 25.3. The Kier molecular flexibility index (Phi) is 9.54. The highest BCUT2D eigenvalue weighted by Gasteiger charge is 2.34.